The Morgan fingerprint density at radius 1 is 1.63 bits per heavy atom. The van der Waals surface area contributed by atoms with E-state index in [0.29, 0.717) is 11.7 Å². The Kier molecular flexibility index (Phi) is 4.79. The Morgan fingerprint density at radius 3 is 3.11 bits per heavy atom. The highest BCUT2D eigenvalue weighted by atomic mass is 35.5. The number of nitrogens with one attached hydrogen (secondary N) is 1. The van der Waals surface area contributed by atoms with Crippen molar-refractivity contribution in [1.82, 2.24) is 15.1 Å². The molecule has 1 unspecified atom stereocenters. The van der Waals surface area contributed by atoms with Crippen molar-refractivity contribution in [3.8, 4) is 0 Å². The first-order chi connectivity index (χ1) is 9.19. The first kappa shape index (κ1) is 14.3. The molecular formula is C12H19ClN4O2. The van der Waals surface area contributed by atoms with Crippen LogP contribution in [0.2, 0.25) is 5.02 Å². The number of anilines is 1. The molecule has 0 saturated carbocycles. The fourth-order valence-corrected chi connectivity index (χ4v) is 2.77. The van der Waals surface area contributed by atoms with E-state index >= 15 is 0 Å². The lowest BCUT2D eigenvalue weighted by atomic mass is 10.2. The van der Waals surface area contributed by atoms with Crippen molar-refractivity contribution in [3.05, 3.63) is 21.6 Å². The van der Waals surface area contributed by atoms with Gasteiger partial charge in [0, 0.05) is 19.1 Å². The Morgan fingerprint density at radius 2 is 2.42 bits per heavy atom. The summed E-state index contributed by atoms with van der Waals surface area (Å²) in [7, 11) is 1.91. The number of aliphatic hydroxyl groups excluding tert-OH is 1. The van der Waals surface area contributed by atoms with Crippen LogP contribution in [0.3, 0.4) is 0 Å². The summed E-state index contributed by atoms with van der Waals surface area (Å²) in [6.45, 7) is 1.78. The first-order valence-corrected chi connectivity index (χ1v) is 6.84. The van der Waals surface area contributed by atoms with Crippen molar-refractivity contribution in [2.24, 2.45) is 0 Å². The molecule has 0 bridgehead atoms. The largest absolute Gasteiger partial charge is 0.394 e. The summed E-state index contributed by atoms with van der Waals surface area (Å²) in [4.78, 5) is 14.2. The van der Waals surface area contributed by atoms with E-state index in [0.717, 1.165) is 25.9 Å². The average molecular weight is 287 g/mol. The number of hydrogen-bond acceptors (Lipinski definition) is 5. The van der Waals surface area contributed by atoms with Gasteiger partial charge in [-0.05, 0) is 19.9 Å². The zero-order valence-corrected chi connectivity index (χ0v) is 11.7. The van der Waals surface area contributed by atoms with Gasteiger partial charge in [0.1, 0.15) is 5.02 Å². The van der Waals surface area contributed by atoms with E-state index in [1.54, 1.807) is 6.20 Å². The molecular weight excluding hydrogens is 268 g/mol. The topological polar surface area (TPSA) is 70.4 Å². The van der Waals surface area contributed by atoms with Crippen LogP contribution in [-0.4, -0.2) is 47.7 Å². The SMILES string of the molecule is CNCC1CCCN1c1cnn(CCO)c(=O)c1Cl. The van der Waals surface area contributed by atoms with Gasteiger partial charge in [0.25, 0.3) is 5.56 Å². The predicted molar refractivity (Wildman–Crippen MR) is 74.9 cm³/mol. The summed E-state index contributed by atoms with van der Waals surface area (Å²) in [5, 5.41) is 16.3. The monoisotopic (exact) mass is 286 g/mol. The van der Waals surface area contributed by atoms with Gasteiger partial charge in [-0.3, -0.25) is 4.79 Å². The highest BCUT2D eigenvalue weighted by molar-refractivity contribution is 6.33. The summed E-state index contributed by atoms with van der Waals surface area (Å²) in [6, 6.07) is 0.345. The minimum absolute atomic E-state index is 0.130. The second kappa shape index (κ2) is 6.36. The van der Waals surface area contributed by atoms with Gasteiger partial charge in [0.15, 0.2) is 0 Å². The van der Waals surface area contributed by atoms with Crippen LogP contribution >= 0.6 is 11.6 Å². The summed E-state index contributed by atoms with van der Waals surface area (Å²) in [6.07, 6.45) is 3.78. The van der Waals surface area contributed by atoms with Gasteiger partial charge in [0.2, 0.25) is 0 Å². The Hall–Kier alpha value is -1.11. The molecule has 2 heterocycles. The molecule has 106 valence electrons. The molecule has 0 aromatic carbocycles. The molecule has 0 amide bonds. The van der Waals surface area contributed by atoms with Gasteiger partial charge >= 0.3 is 0 Å². The van der Waals surface area contributed by atoms with Gasteiger partial charge in [-0.2, -0.15) is 5.10 Å². The smallest absolute Gasteiger partial charge is 0.287 e. The Balaban J connectivity index is 2.30. The van der Waals surface area contributed by atoms with Crippen LogP contribution in [0, 0.1) is 0 Å². The van der Waals surface area contributed by atoms with Crippen molar-refractivity contribution in [1.29, 1.82) is 0 Å². The van der Waals surface area contributed by atoms with Crippen LogP contribution in [0.4, 0.5) is 5.69 Å². The zero-order valence-electron chi connectivity index (χ0n) is 11.0. The van der Waals surface area contributed by atoms with Crippen LogP contribution in [0.25, 0.3) is 0 Å². The second-order valence-electron chi connectivity index (χ2n) is 4.64. The molecule has 1 aromatic heterocycles. The number of rotatable bonds is 5. The standard InChI is InChI=1S/C12H19ClN4O2/c1-14-7-9-3-2-4-16(9)10-8-15-17(5-6-18)12(19)11(10)13/h8-9,14,18H,2-7H2,1H3. The molecule has 1 atom stereocenters. The molecule has 1 aromatic rings. The third-order valence-electron chi connectivity index (χ3n) is 3.40. The van der Waals surface area contributed by atoms with Crippen LogP contribution in [-0.2, 0) is 6.54 Å². The molecule has 1 fully saturated rings. The Labute approximate surface area is 117 Å². The molecule has 6 nitrogen and oxygen atoms in total. The number of nitrogens with zero attached hydrogens (tertiary/aromatic N) is 3. The summed E-state index contributed by atoms with van der Waals surface area (Å²) >= 11 is 6.16. The molecule has 2 rings (SSSR count). The maximum absolute atomic E-state index is 12.0. The number of halogens is 1. The maximum Gasteiger partial charge on any atom is 0.287 e. The molecule has 1 aliphatic heterocycles. The van der Waals surface area contributed by atoms with Crippen LogP contribution < -0.4 is 15.8 Å². The van der Waals surface area contributed by atoms with Gasteiger partial charge in [0.05, 0.1) is 25.0 Å². The van der Waals surface area contributed by atoms with E-state index in [1.165, 1.54) is 4.68 Å². The summed E-state index contributed by atoms with van der Waals surface area (Å²) in [5.41, 5.74) is 0.349. The quantitative estimate of drug-likeness (QED) is 0.802. The highest BCUT2D eigenvalue weighted by Gasteiger charge is 2.27. The minimum Gasteiger partial charge on any atom is -0.394 e. The van der Waals surface area contributed by atoms with Crippen LogP contribution in [0.1, 0.15) is 12.8 Å². The first-order valence-electron chi connectivity index (χ1n) is 6.46. The molecule has 7 heteroatoms. The molecule has 1 aliphatic rings. The van der Waals surface area contributed by atoms with Crippen molar-refractivity contribution >= 4 is 17.3 Å². The normalized spacial score (nSPS) is 19.1. The van der Waals surface area contributed by atoms with E-state index in [9.17, 15) is 4.79 Å². The lowest BCUT2D eigenvalue weighted by molar-refractivity contribution is 0.266. The molecule has 1 saturated heterocycles. The zero-order chi connectivity index (χ0) is 13.8. The molecule has 0 radical (unpaired) electrons. The lowest BCUT2D eigenvalue weighted by Crippen LogP contribution is -2.38. The van der Waals surface area contributed by atoms with Gasteiger partial charge in [-0.25, -0.2) is 4.68 Å². The number of likely N-dealkylation sites (N-methyl/N-ethyl adjacent to an activating group) is 1. The third kappa shape index (κ3) is 2.91. The van der Waals surface area contributed by atoms with Crippen molar-refractivity contribution in [3.63, 3.8) is 0 Å². The highest BCUT2D eigenvalue weighted by Crippen LogP contribution is 2.28. The van der Waals surface area contributed by atoms with Gasteiger partial charge in [-0.15, -0.1) is 0 Å². The second-order valence-corrected chi connectivity index (χ2v) is 5.02. The van der Waals surface area contributed by atoms with Crippen LogP contribution in [0.5, 0.6) is 0 Å². The molecule has 19 heavy (non-hydrogen) atoms. The lowest BCUT2D eigenvalue weighted by Gasteiger charge is -2.27. The number of aliphatic hydroxyl groups is 1. The van der Waals surface area contributed by atoms with E-state index in [1.807, 2.05) is 7.05 Å². The number of hydrogen-bond donors (Lipinski definition) is 2. The maximum atomic E-state index is 12.0. The minimum atomic E-state index is -0.344. The van der Waals surface area contributed by atoms with E-state index < -0.39 is 0 Å². The fourth-order valence-electron chi connectivity index (χ4n) is 2.51. The molecule has 0 spiro atoms. The molecule has 2 N–H and O–H groups in total. The van der Waals surface area contributed by atoms with E-state index in [4.69, 9.17) is 16.7 Å². The molecule has 0 aliphatic carbocycles. The predicted octanol–water partition coefficient (Wildman–Crippen LogP) is 0.0772. The summed E-state index contributed by atoms with van der Waals surface area (Å²) < 4.78 is 1.19. The van der Waals surface area contributed by atoms with Crippen molar-refractivity contribution in [2.45, 2.75) is 25.4 Å². The average Bonchev–Trinajstić information content (AvgIpc) is 2.84. The van der Waals surface area contributed by atoms with E-state index in [-0.39, 0.29) is 23.7 Å². The van der Waals surface area contributed by atoms with Gasteiger partial charge < -0.3 is 15.3 Å². The van der Waals surface area contributed by atoms with Crippen LogP contribution in [0.15, 0.2) is 11.0 Å². The van der Waals surface area contributed by atoms with Gasteiger partial charge in [-0.1, -0.05) is 11.6 Å². The third-order valence-corrected chi connectivity index (χ3v) is 3.76. The number of aromatic nitrogens is 2. The summed E-state index contributed by atoms with van der Waals surface area (Å²) in [5.74, 6) is 0. The van der Waals surface area contributed by atoms with E-state index in [2.05, 4.69) is 15.3 Å². The van der Waals surface area contributed by atoms with Crippen molar-refractivity contribution in [2.75, 3.05) is 31.6 Å². The van der Waals surface area contributed by atoms with Crippen molar-refractivity contribution < 1.29 is 5.11 Å². The Bertz CT molecular complexity index is 491. The fraction of sp³-hybridized carbons (Fsp3) is 0.667.